The number of aromatic nitrogens is 3. The molecule has 0 fully saturated rings. The molecule has 0 spiro atoms. The third kappa shape index (κ3) is 2.90. The van der Waals surface area contributed by atoms with Gasteiger partial charge in [-0.05, 0) is 18.5 Å². The van der Waals surface area contributed by atoms with Gasteiger partial charge in [-0.1, -0.05) is 35.5 Å². The van der Waals surface area contributed by atoms with E-state index in [2.05, 4.69) is 22.4 Å². The van der Waals surface area contributed by atoms with Crippen molar-refractivity contribution in [3.8, 4) is 0 Å². The van der Waals surface area contributed by atoms with Crippen molar-refractivity contribution in [2.75, 3.05) is 6.54 Å². The van der Waals surface area contributed by atoms with Gasteiger partial charge >= 0.3 is 0 Å². The summed E-state index contributed by atoms with van der Waals surface area (Å²) in [5.41, 5.74) is 7.71. The van der Waals surface area contributed by atoms with Crippen molar-refractivity contribution < 1.29 is 0 Å². The zero-order valence-corrected chi connectivity index (χ0v) is 9.21. The minimum atomic E-state index is 0.688. The first kappa shape index (κ1) is 10.8. The van der Waals surface area contributed by atoms with Crippen LogP contribution in [-0.2, 0) is 13.0 Å². The molecule has 0 amide bonds. The van der Waals surface area contributed by atoms with Gasteiger partial charge in [-0.25, -0.2) is 0 Å². The molecular formula is C12H16N4. The number of nitrogens with two attached hydrogens (primary N) is 1. The summed E-state index contributed by atoms with van der Waals surface area (Å²) in [6.45, 7) is 1.53. The molecule has 2 N–H and O–H groups in total. The first-order valence-electron chi connectivity index (χ1n) is 5.51. The van der Waals surface area contributed by atoms with Crippen molar-refractivity contribution >= 4 is 0 Å². The number of benzene rings is 1. The quantitative estimate of drug-likeness (QED) is 0.817. The number of nitrogens with zero attached hydrogens (tertiary/aromatic N) is 3. The molecule has 4 nitrogen and oxygen atoms in total. The Morgan fingerprint density at radius 2 is 2.00 bits per heavy atom. The summed E-state index contributed by atoms with van der Waals surface area (Å²) in [7, 11) is 0. The van der Waals surface area contributed by atoms with E-state index in [1.165, 1.54) is 5.56 Å². The van der Waals surface area contributed by atoms with E-state index in [4.69, 9.17) is 5.73 Å². The molecule has 1 aromatic heterocycles. The molecule has 2 aromatic rings. The fraction of sp³-hybridized carbons (Fsp3) is 0.333. The minimum Gasteiger partial charge on any atom is -0.330 e. The van der Waals surface area contributed by atoms with Crippen molar-refractivity contribution in [1.82, 2.24) is 15.0 Å². The van der Waals surface area contributed by atoms with Crippen molar-refractivity contribution in [3.05, 3.63) is 47.8 Å². The Kier molecular flexibility index (Phi) is 3.66. The maximum absolute atomic E-state index is 5.45. The van der Waals surface area contributed by atoms with E-state index in [0.29, 0.717) is 6.54 Å². The fourth-order valence-electron chi connectivity index (χ4n) is 1.59. The molecule has 0 atom stereocenters. The van der Waals surface area contributed by atoms with Crippen molar-refractivity contribution in [3.63, 3.8) is 0 Å². The number of aryl methyl sites for hydroxylation is 1. The maximum atomic E-state index is 5.45. The van der Waals surface area contributed by atoms with Crippen LogP contribution < -0.4 is 5.73 Å². The van der Waals surface area contributed by atoms with E-state index in [9.17, 15) is 0 Å². The Bertz CT molecular complexity index is 422. The van der Waals surface area contributed by atoms with Crippen LogP contribution in [0.3, 0.4) is 0 Å². The number of rotatable bonds is 5. The highest BCUT2D eigenvalue weighted by atomic mass is 15.4. The molecule has 0 aliphatic carbocycles. The van der Waals surface area contributed by atoms with Gasteiger partial charge in [0.25, 0.3) is 0 Å². The molecule has 0 aliphatic rings. The molecule has 0 radical (unpaired) electrons. The van der Waals surface area contributed by atoms with Crippen LogP contribution in [0.25, 0.3) is 0 Å². The SMILES string of the molecule is NCCCn1cc(Cc2ccccc2)nn1. The lowest BCUT2D eigenvalue weighted by Gasteiger charge is -1.97. The van der Waals surface area contributed by atoms with Crippen LogP contribution in [0.15, 0.2) is 36.5 Å². The molecule has 0 unspecified atom stereocenters. The van der Waals surface area contributed by atoms with Crippen LogP contribution in [0.5, 0.6) is 0 Å². The third-order valence-corrected chi connectivity index (χ3v) is 2.41. The Hall–Kier alpha value is -1.68. The van der Waals surface area contributed by atoms with Crippen LogP contribution in [0.2, 0.25) is 0 Å². The van der Waals surface area contributed by atoms with Crippen LogP contribution in [0.1, 0.15) is 17.7 Å². The van der Waals surface area contributed by atoms with Crippen LogP contribution >= 0.6 is 0 Å². The van der Waals surface area contributed by atoms with E-state index in [-0.39, 0.29) is 0 Å². The van der Waals surface area contributed by atoms with Gasteiger partial charge in [-0.3, -0.25) is 4.68 Å². The van der Waals surface area contributed by atoms with E-state index < -0.39 is 0 Å². The molecule has 16 heavy (non-hydrogen) atoms. The smallest absolute Gasteiger partial charge is 0.0870 e. The molecule has 0 aliphatic heterocycles. The average molecular weight is 216 g/mol. The predicted octanol–water partition coefficient (Wildman–Crippen LogP) is 1.22. The maximum Gasteiger partial charge on any atom is 0.0870 e. The molecule has 4 heteroatoms. The molecular weight excluding hydrogens is 200 g/mol. The second-order valence-electron chi connectivity index (χ2n) is 3.78. The predicted molar refractivity (Wildman–Crippen MR) is 62.9 cm³/mol. The molecule has 1 heterocycles. The molecule has 0 saturated carbocycles. The molecule has 84 valence electrons. The van der Waals surface area contributed by atoms with Gasteiger partial charge in [0, 0.05) is 19.2 Å². The first-order chi connectivity index (χ1) is 7.88. The average Bonchev–Trinajstić information content (AvgIpc) is 2.75. The Labute approximate surface area is 95.1 Å². The summed E-state index contributed by atoms with van der Waals surface area (Å²) < 4.78 is 1.85. The fourth-order valence-corrected chi connectivity index (χ4v) is 1.59. The van der Waals surface area contributed by atoms with Gasteiger partial charge in [0.15, 0.2) is 0 Å². The lowest BCUT2D eigenvalue weighted by molar-refractivity contribution is 0.564. The van der Waals surface area contributed by atoms with E-state index in [0.717, 1.165) is 25.1 Å². The summed E-state index contributed by atoms with van der Waals surface area (Å²) >= 11 is 0. The summed E-state index contributed by atoms with van der Waals surface area (Å²) in [4.78, 5) is 0. The number of hydrogen-bond donors (Lipinski definition) is 1. The normalized spacial score (nSPS) is 10.6. The number of hydrogen-bond acceptors (Lipinski definition) is 3. The zero-order valence-electron chi connectivity index (χ0n) is 9.21. The van der Waals surface area contributed by atoms with E-state index in [1.54, 1.807) is 0 Å². The van der Waals surface area contributed by atoms with Gasteiger partial charge in [0.1, 0.15) is 0 Å². The van der Waals surface area contributed by atoms with Crippen LogP contribution in [-0.4, -0.2) is 21.5 Å². The largest absolute Gasteiger partial charge is 0.330 e. The monoisotopic (exact) mass is 216 g/mol. The van der Waals surface area contributed by atoms with Crippen molar-refractivity contribution in [2.24, 2.45) is 5.73 Å². The van der Waals surface area contributed by atoms with Gasteiger partial charge in [0.05, 0.1) is 5.69 Å². The Balaban J connectivity index is 1.97. The molecule has 2 rings (SSSR count). The van der Waals surface area contributed by atoms with Gasteiger partial charge in [0.2, 0.25) is 0 Å². The summed E-state index contributed by atoms with van der Waals surface area (Å²) in [5.74, 6) is 0. The standard InChI is InChI=1S/C12H16N4/c13-7-4-8-16-10-12(14-15-16)9-11-5-2-1-3-6-11/h1-3,5-6,10H,4,7-9,13H2. The van der Waals surface area contributed by atoms with Gasteiger partial charge < -0.3 is 5.73 Å². The van der Waals surface area contributed by atoms with E-state index >= 15 is 0 Å². The molecule has 0 saturated heterocycles. The zero-order chi connectivity index (χ0) is 11.2. The van der Waals surface area contributed by atoms with Crippen molar-refractivity contribution in [1.29, 1.82) is 0 Å². The van der Waals surface area contributed by atoms with Crippen LogP contribution in [0.4, 0.5) is 0 Å². The Morgan fingerprint density at radius 3 is 2.75 bits per heavy atom. The second kappa shape index (κ2) is 5.42. The minimum absolute atomic E-state index is 0.688. The highest BCUT2D eigenvalue weighted by molar-refractivity contribution is 5.19. The first-order valence-corrected chi connectivity index (χ1v) is 5.51. The Morgan fingerprint density at radius 1 is 1.19 bits per heavy atom. The third-order valence-electron chi connectivity index (χ3n) is 2.41. The summed E-state index contributed by atoms with van der Waals surface area (Å²) in [6.07, 6.45) is 3.76. The van der Waals surface area contributed by atoms with Gasteiger partial charge in [-0.2, -0.15) is 0 Å². The summed E-state index contributed by atoms with van der Waals surface area (Å²) in [6, 6.07) is 10.3. The lowest BCUT2D eigenvalue weighted by atomic mass is 10.1. The van der Waals surface area contributed by atoms with Crippen LogP contribution in [0, 0.1) is 0 Å². The lowest BCUT2D eigenvalue weighted by Crippen LogP contribution is -2.06. The highest BCUT2D eigenvalue weighted by Crippen LogP contribution is 2.05. The van der Waals surface area contributed by atoms with Crippen molar-refractivity contribution in [2.45, 2.75) is 19.4 Å². The highest BCUT2D eigenvalue weighted by Gasteiger charge is 2.01. The molecule has 1 aromatic carbocycles. The van der Waals surface area contributed by atoms with Gasteiger partial charge in [-0.15, -0.1) is 5.10 Å². The molecule has 0 bridgehead atoms. The topological polar surface area (TPSA) is 56.7 Å². The van der Waals surface area contributed by atoms with E-state index in [1.807, 2.05) is 29.1 Å². The second-order valence-corrected chi connectivity index (χ2v) is 3.78. The summed E-state index contributed by atoms with van der Waals surface area (Å²) in [5, 5.41) is 8.20.